The molecule has 0 aliphatic rings. The Hall–Kier alpha value is -2.90. The number of aromatic nitrogens is 3. The molecular weight excluding hydrogens is 284 g/mol. The first-order valence-corrected chi connectivity index (χ1v) is 6.67. The Morgan fingerprint density at radius 3 is 2.68 bits per heavy atom. The molecule has 3 amide bonds. The highest BCUT2D eigenvalue weighted by molar-refractivity contribution is 6.03. The molecule has 116 valence electrons. The molecule has 0 bridgehead atoms. The Bertz CT molecular complexity index is 679. The minimum Gasteiger partial charge on any atom is -0.332 e. The Morgan fingerprint density at radius 2 is 2.05 bits per heavy atom. The zero-order chi connectivity index (χ0) is 16.1. The largest absolute Gasteiger partial charge is 0.332 e. The van der Waals surface area contributed by atoms with Gasteiger partial charge in [-0.05, 0) is 12.1 Å². The van der Waals surface area contributed by atoms with E-state index in [0.29, 0.717) is 17.1 Å². The molecular formula is C14H18N6O2. The lowest BCUT2D eigenvalue weighted by molar-refractivity contribution is 0.102. The van der Waals surface area contributed by atoms with Crippen molar-refractivity contribution in [3.8, 4) is 0 Å². The van der Waals surface area contributed by atoms with E-state index in [-0.39, 0.29) is 18.5 Å². The summed E-state index contributed by atoms with van der Waals surface area (Å²) in [6.45, 7) is 0.254. The van der Waals surface area contributed by atoms with Gasteiger partial charge in [-0.15, -0.1) is 0 Å². The number of pyridine rings is 1. The van der Waals surface area contributed by atoms with Crippen molar-refractivity contribution < 1.29 is 9.59 Å². The number of hydrogen-bond acceptors (Lipinski definition) is 4. The van der Waals surface area contributed by atoms with Crippen LogP contribution in [0.5, 0.6) is 0 Å². The lowest BCUT2D eigenvalue weighted by atomic mass is 10.2. The molecule has 0 saturated carbocycles. The molecule has 2 N–H and O–H groups in total. The fourth-order valence-corrected chi connectivity index (χ4v) is 1.73. The van der Waals surface area contributed by atoms with Crippen LogP contribution in [0.3, 0.4) is 0 Å². The Balaban J connectivity index is 2.03. The predicted molar refractivity (Wildman–Crippen MR) is 81.3 cm³/mol. The van der Waals surface area contributed by atoms with E-state index in [1.807, 2.05) is 0 Å². The Morgan fingerprint density at radius 1 is 1.27 bits per heavy atom. The molecule has 0 aliphatic carbocycles. The summed E-state index contributed by atoms with van der Waals surface area (Å²) in [6, 6.07) is 4.74. The van der Waals surface area contributed by atoms with Crippen molar-refractivity contribution in [2.45, 2.75) is 6.54 Å². The van der Waals surface area contributed by atoms with Crippen molar-refractivity contribution in [1.82, 2.24) is 25.0 Å². The second kappa shape index (κ2) is 6.70. The van der Waals surface area contributed by atoms with Gasteiger partial charge in [0.2, 0.25) is 0 Å². The highest BCUT2D eigenvalue weighted by atomic mass is 16.2. The molecule has 0 saturated heterocycles. The molecule has 0 radical (unpaired) electrons. The third-order valence-corrected chi connectivity index (χ3v) is 2.97. The summed E-state index contributed by atoms with van der Waals surface area (Å²) >= 11 is 0. The van der Waals surface area contributed by atoms with Gasteiger partial charge in [0.15, 0.2) is 0 Å². The summed E-state index contributed by atoms with van der Waals surface area (Å²) in [6.07, 6.45) is 3.14. The monoisotopic (exact) mass is 302 g/mol. The Labute approximate surface area is 128 Å². The van der Waals surface area contributed by atoms with Crippen LogP contribution in [0.4, 0.5) is 10.6 Å². The molecule has 2 aromatic rings. The predicted octanol–water partition coefficient (Wildman–Crippen LogP) is 0.839. The van der Waals surface area contributed by atoms with E-state index >= 15 is 0 Å². The molecule has 2 aromatic heterocycles. The minimum absolute atomic E-state index is 0.216. The molecule has 0 aromatic carbocycles. The van der Waals surface area contributed by atoms with Crippen LogP contribution >= 0.6 is 0 Å². The molecule has 8 heteroatoms. The van der Waals surface area contributed by atoms with Gasteiger partial charge in [-0.2, -0.15) is 5.10 Å². The lowest BCUT2D eigenvalue weighted by Gasteiger charge is -2.12. The van der Waals surface area contributed by atoms with Crippen molar-refractivity contribution in [2.75, 3.05) is 19.4 Å². The number of urea groups is 1. The average Bonchev–Trinajstić information content (AvgIpc) is 2.90. The van der Waals surface area contributed by atoms with Crippen LogP contribution in [-0.2, 0) is 13.6 Å². The van der Waals surface area contributed by atoms with Crippen LogP contribution < -0.4 is 10.6 Å². The average molecular weight is 302 g/mol. The summed E-state index contributed by atoms with van der Waals surface area (Å²) < 4.78 is 1.57. The fraction of sp³-hybridized carbons (Fsp3) is 0.286. The van der Waals surface area contributed by atoms with Gasteiger partial charge in [0.05, 0.1) is 18.4 Å². The second-order valence-electron chi connectivity index (χ2n) is 4.88. The second-order valence-corrected chi connectivity index (χ2v) is 4.88. The first kappa shape index (κ1) is 15.5. The number of carbonyl (C=O) groups is 2. The van der Waals surface area contributed by atoms with E-state index in [2.05, 4.69) is 20.7 Å². The molecule has 0 aliphatic heterocycles. The van der Waals surface area contributed by atoms with Crippen molar-refractivity contribution in [3.63, 3.8) is 0 Å². The lowest BCUT2D eigenvalue weighted by Crippen LogP contribution is -2.34. The first-order valence-electron chi connectivity index (χ1n) is 6.67. The van der Waals surface area contributed by atoms with Crippen molar-refractivity contribution in [3.05, 3.63) is 41.9 Å². The fourth-order valence-electron chi connectivity index (χ4n) is 1.73. The number of amides is 3. The Kier molecular flexibility index (Phi) is 4.72. The molecule has 0 unspecified atom stereocenters. The third kappa shape index (κ3) is 3.81. The number of rotatable bonds is 4. The van der Waals surface area contributed by atoms with E-state index in [1.165, 1.54) is 11.1 Å². The van der Waals surface area contributed by atoms with Gasteiger partial charge in [-0.25, -0.2) is 4.79 Å². The third-order valence-electron chi connectivity index (χ3n) is 2.97. The van der Waals surface area contributed by atoms with Gasteiger partial charge in [-0.3, -0.25) is 14.5 Å². The smallest absolute Gasteiger partial charge is 0.317 e. The van der Waals surface area contributed by atoms with E-state index < -0.39 is 0 Å². The van der Waals surface area contributed by atoms with Gasteiger partial charge in [-0.1, -0.05) is 0 Å². The molecule has 8 nitrogen and oxygen atoms in total. The standard InChI is InChI=1S/C14H18N6O2/c1-19(2)14(22)16-9-11-8-10(4-6-15-11)13(21)18-12-5-7-17-20(12)3/h4-8H,9H2,1-3H3,(H,16,22)(H,18,21). The van der Waals surface area contributed by atoms with E-state index in [4.69, 9.17) is 0 Å². The first-order chi connectivity index (χ1) is 10.5. The highest BCUT2D eigenvalue weighted by Crippen LogP contribution is 2.08. The number of nitrogens with one attached hydrogen (secondary N) is 2. The topological polar surface area (TPSA) is 92.2 Å². The maximum Gasteiger partial charge on any atom is 0.317 e. The van der Waals surface area contributed by atoms with Crippen LogP contribution in [0.15, 0.2) is 30.6 Å². The SMILES string of the molecule is CN(C)C(=O)NCc1cc(C(=O)Nc2ccnn2C)ccn1. The van der Waals surface area contributed by atoms with Crippen molar-refractivity contribution >= 4 is 17.8 Å². The molecule has 2 rings (SSSR count). The number of hydrogen-bond donors (Lipinski definition) is 2. The summed E-state index contributed by atoms with van der Waals surface area (Å²) in [5.41, 5.74) is 1.07. The van der Waals surface area contributed by atoms with E-state index in [0.717, 1.165) is 0 Å². The summed E-state index contributed by atoms with van der Waals surface area (Å²) in [5.74, 6) is 0.343. The number of nitrogens with zero attached hydrogens (tertiary/aromatic N) is 4. The number of aryl methyl sites for hydroxylation is 1. The van der Waals surface area contributed by atoms with Gasteiger partial charge in [0, 0.05) is 39.0 Å². The molecule has 2 heterocycles. The molecule has 0 fully saturated rings. The van der Waals surface area contributed by atoms with Crippen molar-refractivity contribution in [1.29, 1.82) is 0 Å². The summed E-state index contributed by atoms with van der Waals surface area (Å²) in [4.78, 5) is 29.2. The van der Waals surface area contributed by atoms with Crippen LogP contribution in [-0.4, -0.2) is 45.7 Å². The van der Waals surface area contributed by atoms with E-state index in [9.17, 15) is 9.59 Å². The molecule has 0 spiro atoms. The highest BCUT2D eigenvalue weighted by Gasteiger charge is 2.10. The van der Waals surface area contributed by atoms with Crippen LogP contribution in [0.1, 0.15) is 16.1 Å². The summed E-state index contributed by atoms with van der Waals surface area (Å²) in [7, 11) is 5.05. The number of anilines is 1. The van der Waals surface area contributed by atoms with Gasteiger partial charge >= 0.3 is 6.03 Å². The normalized spacial score (nSPS) is 10.1. The molecule has 0 atom stereocenters. The summed E-state index contributed by atoms with van der Waals surface area (Å²) in [5, 5.41) is 9.44. The minimum atomic E-state index is -0.258. The van der Waals surface area contributed by atoms with Crippen LogP contribution in [0.2, 0.25) is 0 Å². The van der Waals surface area contributed by atoms with Gasteiger partial charge < -0.3 is 15.5 Å². The van der Waals surface area contributed by atoms with E-state index in [1.54, 1.807) is 50.2 Å². The zero-order valence-electron chi connectivity index (χ0n) is 12.7. The van der Waals surface area contributed by atoms with Crippen LogP contribution in [0.25, 0.3) is 0 Å². The molecule has 22 heavy (non-hydrogen) atoms. The van der Waals surface area contributed by atoms with Gasteiger partial charge in [0.25, 0.3) is 5.91 Å². The number of carbonyl (C=O) groups excluding carboxylic acids is 2. The quantitative estimate of drug-likeness (QED) is 0.875. The van der Waals surface area contributed by atoms with Crippen LogP contribution in [0, 0.1) is 0 Å². The van der Waals surface area contributed by atoms with Gasteiger partial charge in [0.1, 0.15) is 5.82 Å². The maximum atomic E-state index is 12.2. The zero-order valence-corrected chi connectivity index (χ0v) is 12.7. The maximum absolute atomic E-state index is 12.2. The van der Waals surface area contributed by atoms with Crippen molar-refractivity contribution in [2.24, 2.45) is 7.05 Å².